The van der Waals surface area contributed by atoms with Gasteiger partial charge in [0, 0.05) is 12.1 Å². The van der Waals surface area contributed by atoms with Crippen LogP contribution in [0.1, 0.15) is 5.82 Å². The highest BCUT2D eigenvalue weighted by Crippen LogP contribution is 2.17. The van der Waals surface area contributed by atoms with E-state index in [0.717, 1.165) is 0 Å². The van der Waals surface area contributed by atoms with Gasteiger partial charge in [0.1, 0.15) is 18.2 Å². The van der Waals surface area contributed by atoms with Crippen molar-refractivity contribution in [1.29, 1.82) is 0 Å². The maximum atomic E-state index is 12.5. The molecule has 0 N–H and O–H groups in total. The summed E-state index contributed by atoms with van der Waals surface area (Å²) < 4.78 is 11.8. The maximum absolute atomic E-state index is 12.5. The summed E-state index contributed by atoms with van der Waals surface area (Å²) >= 11 is 0. The van der Waals surface area contributed by atoms with Gasteiger partial charge in [-0.2, -0.15) is 0 Å². The zero-order chi connectivity index (χ0) is 20.1. The van der Waals surface area contributed by atoms with Crippen LogP contribution in [0.2, 0.25) is 0 Å². The van der Waals surface area contributed by atoms with E-state index in [-0.39, 0.29) is 31.0 Å². The second-order valence-electron chi connectivity index (χ2n) is 5.89. The Morgan fingerprint density at radius 3 is 2.61 bits per heavy atom. The largest absolute Gasteiger partial charge is 0.482 e. The molecule has 1 aromatic heterocycles. The highest BCUT2D eigenvalue weighted by Gasteiger charge is 2.10. The quantitative estimate of drug-likeness (QED) is 0.349. The Balaban J connectivity index is 1.53. The molecule has 0 saturated carbocycles. The topological polar surface area (TPSA) is 114 Å². The van der Waals surface area contributed by atoms with Gasteiger partial charge >= 0.3 is 5.97 Å². The molecule has 0 saturated heterocycles. The van der Waals surface area contributed by atoms with Crippen molar-refractivity contribution in [2.75, 3.05) is 13.2 Å². The first kappa shape index (κ1) is 19.0. The van der Waals surface area contributed by atoms with E-state index >= 15 is 0 Å². The van der Waals surface area contributed by atoms with E-state index in [1.165, 1.54) is 28.8 Å². The van der Waals surface area contributed by atoms with Crippen molar-refractivity contribution in [2.45, 2.75) is 13.5 Å². The molecule has 28 heavy (non-hydrogen) atoms. The third-order valence-corrected chi connectivity index (χ3v) is 4.03. The van der Waals surface area contributed by atoms with Gasteiger partial charge in [-0.3, -0.25) is 19.5 Å². The van der Waals surface area contributed by atoms with Crippen molar-refractivity contribution in [2.24, 2.45) is 0 Å². The average molecular weight is 383 g/mol. The van der Waals surface area contributed by atoms with Crippen molar-refractivity contribution in [3.63, 3.8) is 0 Å². The van der Waals surface area contributed by atoms with Crippen LogP contribution in [0, 0.1) is 17.0 Å². The number of nitrogens with zero attached hydrogens (tertiary/aromatic N) is 3. The fraction of sp³-hybridized carbons (Fsp3) is 0.211. The van der Waals surface area contributed by atoms with Gasteiger partial charge < -0.3 is 9.47 Å². The number of fused-ring (bicyclic) bond motifs is 1. The number of ether oxygens (including phenoxy) is 2. The number of aryl methyl sites for hydroxylation is 1. The Morgan fingerprint density at radius 2 is 1.89 bits per heavy atom. The zero-order valence-corrected chi connectivity index (χ0v) is 15.0. The van der Waals surface area contributed by atoms with E-state index in [2.05, 4.69) is 4.98 Å². The number of non-ortho nitro benzene ring substituents is 1. The van der Waals surface area contributed by atoms with Gasteiger partial charge in [-0.1, -0.05) is 12.1 Å². The van der Waals surface area contributed by atoms with Crippen LogP contribution in [0.5, 0.6) is 5.75 Å². The Labute approximate surface area is 159 Å². The molecule has 0 fully saturated rings. The van der Waals surface area contributed by atoms with Crippen molar-refractivity contribution in [1.82, 2.24) is 9.55 Å². The lowest BCUT2D eigenvalue weighted by atomic mass is 10.2. The number of carbonyl (C=O) groups is 1. The van der Waals surface area contributed by atoms with E-state index in [9.17, 15) is 19.7 Å². The van der Waals surface area contributed by atoms with Gasteiger partial charge in [0.25, 0.3) is 11.2 Å². The van der Waals surface area contributed by atoms with Crippen LogP contribution in [0.3, 0.4) is 0 Å². The molecule has 0 radical (unpaired) electrons. The van der Waals surface area contributed by atoms with Crippen molar-refractivity contribution < 1.29 is 19.2 Å². The summed E-state index contributed by atoms with van der Waals surface area (Å²) in [5.41, 5.74) is 0.357. The summed E-state index contributed by atoms with van der Waals surface area (Å²) in [6.45, 7) is 1.53. The van der Waals surface area contributed by atoms with Gasteiger partial charge in [-0.05, 0) is 31.2 Å². The molecule has 9 heteroatoms. The second kappa shape index (κ2) is 8.30. The van der Waals surface area contributed by atoms with E-state index in [4.69, 9.17) is 9.47 Å². The van der Waals surface area contributed by atoms with Gasteiger partial charge in [-0.15, -0.1) is 0 Å². The summed E-state index contributed by atoms with van der Waals surface area (Å²) in [5, 5.41) is 11.1. The first-order chi connectivity index (χ1) is 13.5. The molecule has 2 aromatic carbocycles. The Hall–Kier alpha value is -3.75. The minimum atomic E-state index is -0.613. The van der Waals surface area contributed by atoms with Crippen molar-refractivity contribution >= 4 is 22.6 Å². The summed E-state index contributed by atoms with van der Waals surface area (Å²) in [7, 11) is 0. The molecule has 0 aliphatic carbocycles. The lowest BCUT2D eigenvalue weighted by Crippen LogP contribution is -2.27. The number of carbonyl (C=O) groups excluding carboxylic acids is 1. The molecule has 1 heterocycles. The van der Waals surface area contributed by atoms with E-state index in [1.54, 1.807) is 25.1 Å². The van der Waals surface area contributed by atoms with Gasteiger partial charge in [0.2, 0.25) is 0 Å². The van der Waals surface area contributed by atoms with E-state index in [1.807, 2.05) is 6.07 Å². The number of rotatable bonds is 7. The molecule has 0 atom stereocenters. The number of aromatic nitrogens is 2. The van der Waals surface area contributed by atoms with Crippen LogP contribution in [-0.4, -0.2) is 33.7 Å². The van der Waals surface area contributed by atoms with Crippen LogP contribution in [0.4, 0.5) is 5.69 Å². The molecule has 9 nitrogen and oxygen atoms in total. The first-order valence-electron chi connectivity index (χ1n) is 8.45. The van der Waals surface area contributed by atoms with Crippen LogP contribution in [0.15, 0.2) is 53.3 Å². The number of benzene rings is 2. The first-order valence-corrected chi connectivity index (χ1v) is 8.45. The molecular formula is C19H17N3O6. The van der Waals surface area contributed by atoms with Gasteiger partial charge in [-0.25, -0.2) is 9.78 Å². The number of esters is 1. The van der Waals surface area contributed by atoms with Gasteiger partial charge in [0.05, 0.1) is 22.4 Å². The van der Waals surface area contributed by atoms with Crippen LogP contribution >= 0.6 is 0 Å². The second-order valence-corrected chi connectivity index (χ2v) is 5.89. The minimum absolute atomic E-state index is 0.0107. The Kier molecular flexibility index (Phi) is 5.64. The van der Waals surface area contributed by atoms with Crippen molar-refractivity contribution in [3.05, 3.63) is 74.8 Å². The summed E-state index contributed by atoms with van der Waals surface area (Å²) in [6.07, 6.45) is 0. The predicted molar refractivity (Wildman–Crippen MR) is 100 cm³/mol. The smallest absolute Gasteiger partial charge is 0.344 e. The summed E-state index contributed by atoms with van der Waals surface area (Å²) in [4.78, 5) is 38.8. The molecular weight excluding hydrogens is 366 g/mol. The van der Waals surface area contributed by atoms with Crippen LogP contribution in [0.25, 0.3) is 10.9 Å². The summed E-state index contributed by atoms with van der Waals surface area (Å²) in [6, 6.07) is 12.4. The number of hydrogen-bond donors (Lipinski definition) is 0. The fourth-order valence-electron chi connectivity index (χ4n) is 2.64. The molecule has 144 valence electrons. The third-order valence-electron chi connectivity index (χ3n) is 4.03. The molecule has 0 aliphatic rings. The fourth-order valence-corrected chi connectivity index (χ4v) is 2.64. The number of nitro groups is 1. The molecule has 0 aliphatic heterocycles. The van der Waals surface area contributed by atoms with Crippen LogP contribution in [-0.2, 0) is 16.1 Å². The number of hydrogen-bond acceptors (Lipinski definition) is 7. The molecule has 0 spiro atoms. The minimum Gasteiger partial charge on any atom is -0.482 e. The standard InChI is InChI=1S/C19H17N3O6/c1-13-20-17-5-3-2-4-16(17)19(24)21(13)10-11-27-18(23)12-28-15-8-6-14(7-9-15)22(25)26/h2-9H,10-12H2,1H3. The lowest BCUT2D eigenvalue weighted by Gasteiger charge is -2.11. The number of para-hydroxylation sites is 1. The van der Waals surface area contributed by atoms with Crippen molar-refractivity contribution in [3.8, 4) is 5.75 Å². The predicted octanol–water partition coefficient (Wildman–Crippen LogP) is 2.24. The van der Waals surface area contributed by atoms with E-state index < -0.39 is 10.9 Å². The Morgan fingerprint density at radius 1 is 1.18 bits per heavy atom. The highest BCUT2D eigenvalue weighted by molar-refractivity contribution is 5.77. The monoisotopic (exact) mass is 383 g/mol. The van der Waals surface area contributed by atoms with Crippen LogP contribution < -0.4 is 10.3 Å². The highest BCUT2D eigenvalue weighted by atomic mass is 16.6. The average Bonchev–Trinajstić information content (AvgIpc) is 2.69. The number of nitro benzene ring substituents is 1. The maximum Gasteiger partial charge on any atom is 0.344 e. The van der Waals surface area contributed by atoms with Gasteiger partial charge in [0.15, 0.2) is 6.61 Å². The molecule has 0 bridgehead atoms. The molecule has 3 rings (SSSR count). The van der Waals surface area contributed by atoms with E-state index in [0.29, 0.717) is 22.5 Å². The Bertz CT molecular complexity index is 1080. The molecule has 0 unspecified atom stereocenters. The third kappa shape index (κ3) is 4.32. The normalized spacial score (nSPS) is 10.6. The SMILES string of the molecule is Cc1nc2ccccc2c(=O)n1CCOC(=O)COc1ccc([N+](=O)[O-])cc1. The summed E-state index contributed by atoms with van der Waals surface area (Å²) in [5.74, 6) is 0.230. The zero-order valence-electron chi connectivity index (χ0n) is 15.0. The molecule has 3 aromatic rings. The lowest BCUT2D eigenvalue weighted by molar-refractivity contribution is -0.384. The molecule has 0 amide bonds.